The molecule has 3 aromatic rings. The number of rotatable bonds is 9. The number of nitrogens with zero attached hydrogens (tertiary/aromatic N) is 1. The van der Waals surface area contributed by atoms with Crippen molar-refractivity contribution in [2.24, 2.45) is 0 Å². The molecule has 0 spiro atoms. The Bertz CT molecular complexity index is 1050. The summed E-state index contributed by atoms with van der Waals surface area (Å²) in [6.45, 7) is 1.23. The van der Waals surface area contributed by atoms with Crippen LogP contribution in [0.5, 0.6) is 17.2 Å². The largest absolute Gasteiger partial charge is 0.484 e. The van der Waals surface area contributed by atoms with Gasteiger partial charge in [-0.2, -0.15) is 0 Å². The van der Waals surface area contributed by atoms with E-state index in [9.17, 15) is 9.59 Å². The fraction of sp³-hybridized carbons (Fsp3) is 0.286. The van der Waals surface area contributed by atoms with E-state index in [1.807, 2.05) is 72.8 Å². The second-order valence-electron chi connectivity index (χ2n) is 8.38. The van der Waals surface area contributed by atoms with Crippen LogP contribution in [0.1, 0.15) is 24.8 Å². The minimum Gasteiger partial charge on any atom is -0.484 e. The molecular formula is C28H30N2O4. The van der Waals surface area contributed by atoms with E-state index in [4.69, 9.17) is 9.47 Å². The van der Waals surface area contributed by atoms with E-state index in [2.05, 4.69) is 5.32 Å². The van der Waals surface area contributed by atoms with Crippen molar-refractivity contribution in [1.82, 2.24) is 10.2 Å². The Morgan fingerprint density at radius 3 is 2.06 bits per heavy atom. The number of ether oxygens (including phenoxy) is 2. The third kappa shape index (κ3) is 7.10. The van der Waals surface area contributed by atoms with E-state index in [-0.39, 0.29) is 24.5 Å². The number of likely N-dealkylation sites (tertiary alicyclic amines) is 1. The van der Waals surface area contributed by atoms with Gasteiger partial charge >= 0.3 is 0 Å². The molecular weight excluding hydrogens is 428 g/mol. The number of para-hydroxylation sites is 1. The van der Waals surface area contributed by atoms with Crippen LogP contribution in [0.15, 0.2) is 84.9 Å². The van der Waals surface area contributed by atoms with Crippen LogP contribution in [0, 0.1) is 0 Å². The lowest BCUT2D eigenvalue weighted by molar-refractivity contribution is -0.134. The van der Waals surface area contributed by atoms with Gasteiger partial charge in [-0.25, -0.2) is 0 Å². The monoisotopic (exact) mass is 458 g/mol. The Hall–Kier alpha value is -3.80. The molecule has 0 radical (unpaired) electrons. The molecule has 1 saturated heterocycles. The Labute approximate surface area is 200 Å². The molecule has 6 nitrogen and oxygen atoms in total. The lowest BCUT2D eigenvalue weighted by Crippen LogP contribution is -2.47. The number of hydrogen-bond acceptors (Lipinski definition) is 4. The van der Waals surface area contributed by atoms with Crippen molar-refractivity contribution in [2.75, 3.05) is 19.7 Å². The molecule has 2 amide bonds. The van der Waals surface area contributed by atoms with Gasteiger partial charge in [0.25, 0.3) is 5.91 Å². The van der Waals surface area contributed by atoms with E-state index in [1.165, 1.54) is 0 Å². The smallest absolute Gasteiger partial charge is 0.260 e. The summed E-state index contributed by atoms with van der Waals surface area (Å²) in [5.41, 5.74) is 1.16. The highest BCUT2D eigenvalue weighted by Crippen LogP contribution is 2.23. The summed E-state index contributed by atoms with van der Waals surface area (Å²) in [6.07, 6.45) is 2.73. The first kappa shape index (κ1) is 23.4. The zero-order valence-electron chi connectivity index (χ0n) is 19.2. The van der Waals surface area contributed by atoms with Gasteiger partial charge in [-0.15, -0.1) is 0 Å². The maximum absolute atomic E-state index is 12.6. The zero-order valence-corrected chi connectivity index (χ0v) is 19.2. The first-order valence-electron chi connectivity index (χ1n) is 11.7. The summed E-state index contributed by atoms with van der Waals surface area (Å²) in [6, 6.07) is 26.9. The summed E-state index contributed by atoms with van der Waals surface area (Å²) >= 11 is 0. The third-order valence-corrected chi connectivity index (χ3v) is 5.86. The fourth-order valence-corrected chi connectivity index (χ4v) is 3.94. The Morgan fingerprint density at radius 1 is 0.794 bits per heavy atom. The molecule has 1 aliphatic rings. The summed E-state index contributed by atoms with van der Waals surface area (Å²) < 4.78 is 11.4. The molecule has 176 valence electrons. The Morgan fingerprint density at radius 2 is 1.38 bits per heavy atom. The van der Waals surface area contributed by atoms with Gasteiger partial charge in [-0.3, -0.25) is 9.59 Å². The molecule has 0 unspecified atom stereocenters. The number of carbonyl (C=O) groups excluding carboxylic acids is 2. The maximum atomic E-state index is 12.6. The topological polar surface area (TPSA) is 67.9 Å². The SMILES string of the molecule is O=C(CCc1ccccc1)NC1CCN(C(=O)COc2ccc(Oc3ccccc3)cc2)CC1. The molecule has 1 N–H and O–H groups in total. The van der Waals surface area contributed by atoms with E-state index in [0.29, 0.717) is 31.0 Å². The molecule has 1 aliphatic heterocycles. The van der Waals surface area contributed by atoms with E-state index in [1.54, 1.807) is 17.0 Å². The van der Waals surface area contributed by atoms with Crippen LogP contribution >= 0.6 is 0 Å². The summed E-state index contributed by atoms with van der Waals surface area (Å²) in [5.74, 6) is 2.12. The molecule has 0 aromatic heterocycles. The predicted octanol–water partition coefficient (Wildman–Crippen LogP) is 4.60. The highest BCUT2D eigenvalue weighted by atomic mass is 16.5. The molecule has 3 aromatic carbocycles. The average Bonchev–Trinajstić information content (AvgIpc) is 2.88. The van der Waals surface area contributed by atoms with Crippen LogP contribution in [0.2, 0.25) is 0 Å². The molecule has 34 heavy (non-hydrogen) atoms. The van der Waals surface area contributed by atoms with Crippen LogP contribution in [0.4, 0.5) is 0 Å². The highest BCUT2D eigenvalue weighted by molar-refractivity contribution is 5.78. The first-order valence-corrected chi connectivity index (χ1v) is 11.7. The molecule has 0 saturated carbocycles. The fourth-order valence-electron chi connectivity index (χ4n) is 3.94. The Balaban J connectivity index is 1.14. The maximum Gasteiger partial charge on any atom is 0.260 e. The molecule has 0 bridgehead atoms. The standard InChI is InChI=1S/C28H30N2O4/c31-27(16-11-22-7-3-1-4-8-22)29-23-17-19-30(20-18-23)28(32)21-33-24-12-14-26(15-13-24)34-25-9-5-2-6-10-25/h1-10,12-15,23H,11,16-21H2,(H,29,31). The van der Waals surface area contributed by atoms with Crippen molar-refractivity contribution >= 4 is 11.8 Å². The van der Waals surface area contributed by atoms with Crippen LogP contribution in [-0.4, -0.2) is 42.5 Å². The van der Waals surface area contributed by atoms with Crippen LogP contribution in [-0.2, 0) is 16.0 Å². The first-order chi connectivity index (χ1) is 16.7. The number of aryl methyl sites for hydroxylation is 1. The number of benzene rings is 3. The summed E-state index contributed by atoms with van der Waals surface area (Å²) in [7, 11) is 0. The van der Waals surface area contributed by atoms with Gasteiger partial charge in [-0.05, 0) is 61.2 Å². The second-order valence-corrected chi connectivity index (χ2v) is 8.38. The summed E-state index contributed by atoms with van der Waals surface area (Å²) in [4.78, 5) is 26.6. The average molecular weight is 459 g/mol. The number of carbonyl (C=O) groups is 2. The number of amides is 2. The van der Waals surface area contributed by atoms with E-state index >= 15 is 0 Å². The molecule has 1 fully saturated rings. The van der Waals surface area contributed by atoms with Crippen molar-refractivity contribution < 1.29 is 19.1 Å². The number of piperidine rings is 1. The number of hydrogen-bond donors (Lipinski definition) is 1. The van der Waals surface area contributed by atoms with Crippen molar-refractivity contribution in [2.45, 2.75) is 31.7 Å². The van der Waals surface area contributed by atoms with Crippen molar-refractivity contribution in [3.05, 3.63) is 90.5 Å². The van der Waals surface area contributed by atoms with Crippen LogP contribution < -0.4 is 14.8 Å². The van der Waals surface area contributed by atoms with Crippen LogP contribution in [0.3, 0.4) is 0 Å². The molecule has 1 heterocycles. The highest BCUT2D eigenvalue weighted by Gasteiger charge is 2.24. The molecule has 6 heteroatoms. The van der Waals surface area contributed by atoms with E-state index in [0.717, 1.165) is 30.6 Å². The third-order valence-electron chi connectivity index (χ3n) is 5.86. The van der Waals surface area contributed by atoms with Gasteiger partial charge in [-0.1, -0.05) is 48.5 Å². The van der Waals surface area contributed by atoms with Crippen molar-refractivity contribution in [3.63, 3.8) is 0 Å². The molecule has 4 rings (SSSR count). The molecule has 0 aliphatic carbocycles. The van der Waals surface area contributed by atoms with Gasteiger partial charge in [0, 0.05) is 25.6 Å². The van der Waals surface area contributed by atoms with E-state index < -0.39 is 0 Å². The normalized spacial score (nSPS) is 13.8. The lowest BCUT2D eigenvalue weighted by Gasteiger charge is -2.32. The minimum atomic E-state index is -0.0431. The van der Waals surface area contributed by atoms with Gasteiger partial charge < -0.3 is 19.7 Å². The van der Waals surface area contributed by atoms with Gasteiger partial charge in [0.1, 0.15) is 17.2 Å². The van der Waals surface area contributed by atoms with Gasteiger partial charge in [0.05, 0.1) is 0 Å². The second kappa shape index (κ2) is 11.9. The quantitative estimate of drug-likeness (QED) is 0.509. The number of nitrogens with one attached hydrogen (secondary N) is 1. The predicted molar refractivity (Wildman–Crippen MR) is 131 cm³/mol. The van der Waals surface area contributed by atoms with Crippen molar-refractivity contribution in [1.29, 1.82) is 0 Å². The Kier molecular flexibility index (Phi) is 8.17. The van der Waals surface area contributed by atoms with Gasteiger partial charge in [0.15, 0.2) is 6.61 Å². The van der Waals surface area contributed by atoms with Crippen molar-refractivity contribution in [3.8, 4) is 17.2 Å². The minimum absolute atomic E-state index is 0.00695. The van der Waals surface area contributed by atoms with Crippen LogP contribution in [0.25, 0.3) is 0 Å². The summed E-state index contributed by atoms with van der Waals surface area (Å²) in [5, 5.41) is 3.11. The zero-order chi connectivity index (χ0) is 23.6. The van der Waals surface area contributed by atoms with Gasteiger partial charge in [0.2, 0.25) is 5.91 Å². The lowest BCUT2D eigenvalue weighted by atomic mass is 10.0. The molecule has 0 atom stereocenters.